The van der Waals surface area contributed by atoms with Crippen molar-refractivity contribution in [2.45, 2.75) is 11.4 Å². The second-order valence-electron chi connectivity index (χ2n) is 2.92. The van der Waals surface area contributed by atoms with Crippen LogP contribution in [0, 0.1) is 0 Å². The molecule has 3 N–H and O–H groups in total. The van der Waals surface area contributed by atoms with Crippen molar-refractivity contribution in [3.05, 3.63) is 12.5 Å². The SMILES string of the molecule is Cn1cnc(S(=O)(=O)NCCCN)c1. The van der Waals surface area contributed by atoms with E-state index in [0.717, 1.165) is 0 Å². The van der Waals surface area contributed by atoms with Crippen molar-refractivity contribution in [2.75, 3.05) is 13.1 Å². The molecule has 0 spiro atoms. The summed E-state index contributed by atoms with van der Waals surface area (Å²) in [6, 6.07) is 0. The minimum absolute atomic E-state index is 0.0389. The van der Waals surface area contributed by atoms with Gasteiger partial charge in [-0.2, -0.15) is 0 Å². The summed E-state index contributed by atoms with van der Waals surface area (Å²) < 4.78 is 27.0. The fourth-order valence-electron chi connectivity index (χ4n) is 0.910. The normalized spacial score (nSPS) is 11.9. The zero-order chi connectivity index (χ0) is 10.6. The van der Waals surface area contributed by atoms with Crippen LogP contribution in [0.15, 0.2) is 17.6 Å². The lowest BCUT2D eigenvalue weighted by atomic mass is 10.4. The van der Waals surface area contributed by atoms with Crippen molar-refractivity contribution in [3.63, 3.8) is 0 Å². The van der Waals surface area contributed by atoms with Gasteiger partial charge in [0.2, 0.25) is 0 Å². The molecule has 6 nitrogen and oxygen atoms in total. The maximum Gasteiger partial charge on any atom is 0.259 e. The predicted molar refractivity (Wildman–Crippen MR) is 52.1 cm³/mol. The van der Waals surface area contributed by atoms with Crippen LogP contribution in [-0.2, 0) is 17.1 Å². The quantitative estimate of drug-likeness (QED) is 0.623. The zero-order valence-electron chi connectivity index (χ0n) is 7.97. The fraction of sp³-hybridized carbons (Fsp3) is 0.571. The number of imidazole rings is 1. The van der Waals surface area contributed by atoms with Crippen LogP contribution in [0.5, 0.6) is 0 Å². The van der Waals surface area contributed by atoms with Crippen molar-refractivity contribution in [3.8, 4) is 0 Å². The predicted octanol–water partition coefficient (Wildman–Crippen LogP) is -0.953. The minimum Gasteiger partial charge on any atom is -0.339 e. The highest BCUT2D eigenvalue weighted by molar-refractivity contribution is 7.89. The molecule has 0 aromatic carbocycles. The number of sulfonamides is 1. The molecule has 0 fully saturated rings. The Morgan fingerprint density at radius 2 is 2.36 bits per heavy atom. The maximum absolute atomic E-state index is 11.5. The zero-order valence-corrected chi connectivity index (χ0v) is 8.79. The first kappa shape index (κ1) is 11.2. The first-order chi connectivity index (χ1) is 6.56. The van der Waals surface area contributed by atoms with Gasteiger partial charge in [-0.1, -0.05) is 0 Å². The Balaban J connectivity index is 2.66. The molecule has 1 rings (SSSR count). The van der Waals surface area contributed by atoms with Crippen LogP contribution < -0.4 is 10.5 Å². The molecular formula is C7H14N4O2S. The maximum atomic E-state index is 11.5. The van der Waals surface area contributed by atoms with Crippen LogP contribution >= 0.6 is 0 Å². The smallest absolute Gasteiger partial charge is 0.259 e. The third kappa shape index (κ3) is 2.79. The van der Waals surface area contributed by atoms with Gasteiger partial charge in [0.25, 0.3) is 10.0 Å². The third-order valence-electron chi connectivity index (χ3n) is 1.63. The summed E-state index contributed by atoms with van der Waals surface area (Å²) in [6.45, 7) is 0.806. The summed E-state index contributed by atoms with van der Waals surface area (Å²) in [4.78, 5) is 3.75. The van der Waals surface area contributed by atoms with Gasteiger partial charge in [0, 0.05) is 19.8 Å². The molecule has 0 unspecified atom stereocenters. The van der Waals surface area contributed by atoms with Crippen LogP contribution in [0.1, 0.15) is 6.42 Å². The van der Waals surface area contributed by atoms with Crippen molar-refractivity contribution in [1.82, 2.24) is 14.3 Å². The van der Waals surface area contributed by atoms with E-state index in [1.165, 1.54) is 12.5 Å². The Morgan fingerprint density at radius 3 is 2.86 bits per heavy atom. The van der Waals surface area contributed by atoms with Gasteiger partial charge >= 0.3 is 0 Å². The van der Waals surface area contributed by atoms with E-state index in [9.17, 15) is 8.42 Å². The Labute approximate surface area is 83.2 Å². The van der Waals surface area contributed by atoms with E-state index in [0.29, 0.717) is 19.5 Å². The van der Waals surface area contributed by atoms with E-state index < -0.39 is 10.0 Å². The molecule has 0 aliphatic carbocycles. The highest BCUT2D eigenvalue weighted by Gasteiger charge is 2.15. The lowest BCUT2D eigenvalue weighted by Crippen LogP contribution is -2.26. The van der Waals surface area contributed by atoms with Crippen molar-refractivity contribution in [2.24, 2.45) is 12.8 Å². The van der Waals surface area contributed by atoms with Crippen LogP contribution in [-0.4, -0.2) is 31.1 Å². The van der Waals surface area contributed by atoms with E-state index in [1.54, 1.807) is 11.6 Å². The van der Waals surface area contributed by atoms with Crippen LogP contribution in [0.2, 0.25) is 0 Å². The molecule has 80 valence electrons. The number of nitrogens with one attached hydrogen (secondary N) is 1. The summed E-state index contributed by atoms with van der Waals surface area (Å²) >= 11 is 0. The number of rotatable bonds is 5. The average molecular weight is 218 g/mol. The Hall–Kier alpha value is -0.920. The first-order valence-electron chi connectivity index (χ1n) is 4.24. The van der Waals surface area contributed by atoms with Crippen molar-refractivity contribution < 1.29 is 8.42 Å². The molecule has 14 heavy (non-hydrogen) atoms. The number of nitrogens with zero attached hydrogens (tertiary/aromatic N) is 2. The molecule has 0 aliphatic rings. The van der Waals surface area contributed by atoms with Gasteiger partial charge in [-0.15, -0.1) is 0 Å². The van der Waals surface area contributed by atoms with Crippen molar-refractivity contribution >= 4 is 10.0 Å². The topological polar surface area (TPSA) is 90.0 Å². The van der Waals surface area contributed by atoms with E-state index >= 15 is 0 Å². The number of aromatic nitrogens is 2. The number of hydrogen-bond donors (Lipinski definition) is 2. The Morgan fingerprint density at radius 1 is 1.64 bits per heavy atom. The van der Waals surface area contributed by atoms with Gasteiger partial charge in [-0.3, -0.25) is 0 Å². The summed E-state index contributed by atoms with van der Waals surface area (Å²) in [5.41, 5.74) is 5.25. The molecule has 0 radical (unpaired) electrons. The highest BCUT2D eigenvalue weighted by Crippen LogP contribution is 2.03. The van der Waals surface area contributed by atoms with E-state index in [1.807, 2.05) is 0 Å². The molecule has 1 aromatic heterocycles. The molecular weight excluding hydrogens is 204 g/mol. The monoisotopic (exact) mass is 218 g/mol. The van der Waals surface area contributed by atoms with Gasteiger partial charge in [0.1, 0.15) is 0 Å². The molecule has 1 heterocycles. The van der Waals surface area contributed by atoms with Gasteiger partial charge in [-0.05, 0) is 13.0 Å². The molecule has 7 heteroatoms. The Kier molecular flexibility index (Phi) is 3.62. The molecule has 0 saturated heterocycles. The molecule has 1 aromatic rings. The molecule has 0 amide bonds. The summed E-state index contributed by atoms with van der Waals surface area (Å²) in [7, 11) is -1.74. The molecule has 0 saturated carbocycles. The van der Waals surface area contributed by atoms with E-state index in [2.05, 4.69) is 9.71 Å². The first-order valence-corrected chi connectivity index (χ1v) is 5.72. The van der Waals surface area contributed by atoms with Gasteiger partial charge in [0.05, 0.1) is 6.33 Å². The number of aryl methyl sites for hydroxylation is 1. The second-order valence-corrected chi connectivity index (χ2v) is 4.63. The lowest BCUT2D eigenvalue weighted by Gasteiger charge is -2.01. The number of hydrogen-bond acceptors (Lipinski definition) is 4. The second kappa shape index (κ2) is 4.54. The summed E-state index contributed by atoms with van der Waals surface area (Å²) in [5, 5.41) is 0.0389. The Bertz CT molecular complexity index is 384. The van der Waals surface area contributed by atoms with E-state index in [-0.39, 0.29) is 5.03 Å². The van der Waals surface area contributed by atoms with Crippen molar-refractivity contribution in [1.29, 1.82) is 0 Å². The van der Waals surface area contributed by atoms with Gasteiger partial charge < -0.3 is 10.3 Å². The molecule has 0 atom stereocenters. The third-order valence-corrected chi connectivity index (χ3v) is 2.98. The minimum atomic E-state index is -3.45. The molecule has 0 aliphatic heterocycles. The van der Waals surface area contributed by atoms with Crippen LogP contribution in [0.3, 0.4) is 0 Å². The van der Waals surface area contributed by atoms with Gasteiger partial charge in [-0.25, -0.2) is 18.1 Å². The van der Waals surface area contributed by atoms with Crippen LogP contribution in [0.25, 0.3) is 0 Å². The average Bonchev–Trinajstić information content (AvgIpc) is 2.53. The van der Waals surface area contributed by atoms with E-state index in [4.69, 9.17) is 5.73 Å². The highest BCUT2D eigenvalue weighted by atomic mass is 32.2. The lowest BCUT2D eigenvalue weighted by molar-refractivity contribution is 0.576. The molecule has 0 bridgehead atoms. The largest absolute Gasteiger partial charge is 0.339 e. The standard InChI is InChI=1S/C7H14N4O2S/c1-11-5-7(9-6-11)14(12,13)10-4-2-3-8/h5-6,10H,2-4,8H2,1H3. The fourth-order valence-corrected chi connectivity index (χ4v) is 1.96. The number of nitrogens with two attached hydrogens (primary N) is 1. The summed E-state index contributed by atoms with van der Waals surface area (Å²) in [5.74, 6) is 0. The summed E-state index contributed by atoms with van der Waals surface area (Å²) in [6.07, 6.45) is 3.51. The van der Waals surface area contributed by atoms with Gasteiger partial charge in [0.15, 0.2) is 5.03 Å². The van der Waals surface area contributed by atoms with Crippen LogP contribution in [0.4, 0.5) is 0 Å².